The lowest BCUT2D eigenvalue weighted by molar-refractivity contribution is -0.132. The number of aryl methyl sites for hydroxylation is 1. The fourth-order valence-electron chi connectivity index (χ4n) is 4.21. The minimum Gasteiger partial charge on any atom is -0.507 e. The highest BCUT2D eigenvalue weighted by Crippen LogP contribution is 2.44. The van der Waals surface area contributed by atoms with Crippen molar-refractivity contribution in [3.8, 4) is 5.75 Å². The van der Waals surface area contributed by atoms with Crippen molar-refractivity contribution in [2.24, 2.45) is 0 Å². The number of amides is 1. The van der Waals surface area contributed by atoms with E-state index in [1.807, 2.05) is 0 Å². The predicted octanol–water partition coefficient (Wildman–Crippen LogP) is 5.24. The number of ether oxygens (including phenoxy) is 2. The van der Waals surface area contributed by atoms with E-state index in [0.717, 1.165) is 5.56 Å². The Hall–Kier alpha value is -4.17. The molecule has 0 saturated carbocycles. The lowest BCUT2D eigenvalue weighted by Crippen LogP contribution is -2.29. The van der Waals surface area contributed by atoms with Crippen LogP contribution in [0.3, 0.4) is 0 Å². The number of methoxy groups -OCH3 is 1. The Balaban J connectivity index is 1.88. The van der Waals surface area contributed by atoms with E-state index < -0.39 is 29.5 Å². The normalized spacial score (nSPS) is 16.8. The highest BCUT2D eigenvalue weighted by atomic mass is 35.5. The Labute approximate surface area is 219 Å². The standard InChI is InChI=1S/C28H25ClN2O6/c1-15(2)37-28(35)17-8-10-18(11-9-17)31-23(21-7-5-6-12-30-21)22(25(33)27(31)34)24(32)19-13-16(3)14-20(29)26(19)36-4/h5-15,23,32H,1-4H3/b24-22+. The number of rotatable bonds is 6. The fourth-order valence-corrected chi connectivity index (χ4v) is 4.57. The number of ketones is 1. The molecule has 1 aliphatic heterocycles. The summed E-state index contributed by atoms with van der Waals surface area (Å²) in [5.41, 5.74) is 1.74. The summed E-state index contributed by atoms with van der Waals surface area (Å²) in [6.07, 6.45) is 1.24. The summed E-state index contributed by atoms with van der Waals surface area (Å²) < 4.78 is 10.6. The van der Waals surface area contributed by atoms with Gasteiger partial charge in [-0.2, -0.15) is 0 Å². The second-order valence-electron chi connectivity index (χ2n) is 8.75. The molecule has 0 bridgehead atoms. The van der Waals surface area contributed by atoms with Crippen LogP contribution in [0.4, 0.5) is 5.69 Å². The molecule has 1 amide bonds. The Morgan fingerprint density at radius 2 is 1.81 bits per heavy atom. The van der Waals surface area contributed by atoms with Gasteiger partial charge in [-0.25, -0.2) is 4.79 Å². The van der Waals surface area contributed by atoms with E-state index in [0.29, 0.717) is 16.9 Å². The van der Waals surface area contributed by atoms with Gasteiger partial charge < -0.3 is 14.6 Å². The highest BCUT2D eigenvalue weighted by molar-refractivity contribution is 6.51. The predicted molar refractivity (Wildman–Crippen MR) is 139 cm³/mol. The van der Waals surface area contributed by atoms with Crippen LogP contribution in [0, 0.1) is 6.92 Å². The summed E-state index contributed by atoms with van der Waals surface area (Å²) in [5, 5.41) is 11.7. The van der Waals surface area contributed by atoms with E-state index in [1.54, 1.807) is 63.2 Å². The zero-order valence-electron chi connectivity index (χ0n) is 20.7. The van der Waals surface area contributed by atoms with E-state index in [-0.39, 0.29) is 28.0 Å². The molecule has 0 spiro atoms. The number of hydrogen-bond donors (Lipinski definition) is 1. The maximum absolute atomic E-state index is 13.4. The van der Waals surface area contributed by atoms with Crippen molar-refractivity contribution >= 4 is 40.7 Å². The molecule has 9 heteroatoms. The van der Waals surface area contributed by atoms with Crippen LogP contribution in [-0.4, -0.2) is 41.0 Å². The Bertz CT molecular complexity index is 1400. The Kier molecular flexibility index (Phi) is 7.31. The summed E-state index contributed by atoms with van der Waals surface area (Å²) in [4.78, 5) is 44.6. The van der Waals surface area contributed by atoms with E-state index in [4.69, 9.17) is 21.1 Å². The maximum atomic E-state index is 13.4. The molecule has 190 valence electrons. The second-order valence-corrected chi connectivity index (χ2v) is 9.16. The van der Waals surface area contributed by atoms with Gasteiger partial charge in [-0.3, -0.25) is 19.5 Å². The van der Waals surface area contributed by atoms with Gasteiger partial charge in [0.2, 0.25) is 0 Å². The molecule has 37 heavy (non-hydrogen) atoms. The largest absolute Gasteiger partial charge is 0.507 e. The van der Waals surface area contributed by atoms with Crippen molar-refractivity contribution in [1.82, 2.24) is 4.98 Å². The van der Waals surface area contributed by atoms with E-state index in [1.165, 1.54) is 30.3 Å². The van der Waals surface area contributed by atoms with Gasteiger partial charge in [0.05, 0.1) is 40.6 Å². The zero-order chi connectivity index (χ0) is 26.9. The Morgan fingerprint density at radius 1 is 1.11 bits per heavy atom. The van der Waals surface area contributed by atoms with Crippen LogP contribution >= 0.6 is 11.6 Å². The molecular formula is C28H25ClN2O6. The van der Waals surface area contributed by atoms with Crippen LogP contribution in [0.2, 0.25) is 5.02 Å². The fraction of sp³-hybridized carbons (Fsp3) is 0.214. The molecule has 1 fully saturated rings. The summed E-state index contributed by atoms with van der Waals surface area (Å²) in [6.45, 7) is 5.27. The average Bonchev–Trinajstić information content (AvgIpc) is 3.13. The summed E-state index contributed by atoms with van der Waals surface area (Å²) in [6, 6.07) is 13.4. The first-order valence-electron chi connectivity index (χ1n) is 11.5. The number of aliphatic hydroxyl groups is 1. The molecule has 1 saturated heterocycles. The Morgan fingerprint density at radius 3 is 2.41 bits per heavy atom. The molecule has 2 heterocycles. The first-order chi connectivity index (χ1) is 17.6. The number of hydrogen-bond acceptors (Lipinski definition) is 7. The number of aromatic nitrogens is 1. The number of Topliss-reactive ketones (excluding diaryl/α,β-unsaturated/α-hetero) is 1. The minimum atomic E-state index is -1.04. The smallest absolute Gasteiger partial charge is 0.338 e. The second kappa shape index (κ2) is 10.4. The van der Waals surface area contributed by atoms with Crippen LogP contribution < -0.4 is 9.64 Å². The van der Waals surface area contributed by atoms with E-state index >= 15 is 0 Å². The molecule has 2 aromatic carbocycles. The lowest BCUT2D eigenvalue weighted by atomic mass is 9.97. The molecule has 1 N–H and O–H groups in total. The van der Waals surface area contributed by atoms with Crippen LogP contribution in [0.5, 0.6) is 5.75 Å². The summed E-state index contributed by atoms with van der Waals surface area (Å²) >= 11 is 6.33. The number of benzene rings is 2. The third-order valence-corrected chi connectivity index (χ3v) is 6.06. The molecular weight excluding hydrogens is 496 g/mol. The molecule has 4 rings (SSSR count). The quantitative estimate of drug-likeness (QED) is 0.205. The van der Waals surface area contributed by atoms with Gasteiger partial charge in [-0.05, 0) is 74.9 Å². The number of pyridine rings is 1. The van der Waals surface area contributed by atoms with E-state index in [2.05, 4.69) is 4.98 Å². The average molecular weight is 521 g/mol. The van der Waals surface area contributed by atoms with Crippen molar-refractivity contribution < 1.29 is 29.0 Å². The van der Waals surface area contributed by atoms with Gasteiger partial charge >= 0.3 is 5.97 Å². The third kappa shape index (κ3) is 4.93. The number of nitrogens with zero attached hydrogens (tertiary/aromatic N) is 2. The molecule has 0 radical (unpaired) electrons. The number of anilines is 1. The molecule has 1 aliphatic rings. The monoisotopic (exact) mass is 520 g/mol. The molecule has 1 atom stereocenters. The third-order valence-electron chi connectivity index (χ3n) is 5.78. The topological polar surface area (TPSA) is 106 Å². The zero-order valence-corrected chi connectivity index (χ0v) is 21.4. The van der Waals surface area contributed by atoms with Gasteiger partial charge in [-0.15, -0.1) is 0 Å². The number of esters is 1. The van der Waals surface area contributed by atoms with Crippen LogP contribution in [0.15, 0.2) is 66.4 Å². The van der Waals surface area contributed by atoms with Crippen molar-refractivity contribution in [3.63, 3.8) is 0 Å². The molecule has 1 unspecified atom stereocenters. The van der Waals surface area contributed by atoms with Crippen molar-refractivity contribution in [3.05, 3.63) is 93.8 Å². The van der Waals surface area contributed by atoms with Crippen LogP contribution in [0.25, 0.3) is 5.76 Å². The van der Waals surface area contributed by atoms with Crippen molar-refractivity contribution in [2.75, 3.05) is 12.0 Å². The number of halogens is 1. The number of carbonyl (C=O) groups excluding carboxylic acids is 3. The maximum Gasteiger partial charge on any atom is 0.338 e. The lowest BCUT2D eigenvalue weighted by Gasteiger charge is -2.25. The van der Waals surface area contributed by atoms with Crippen LogP contribution in [-0.2, 0) is 14.3 Å². The van der Waals surface area contributed by atoms with Crippen molar-refractivity contribution in [2.45, 2.75) is 32.9 Å². The molecule has 0 aliphatic carbocycles. The van der Waals surface area contributed by atoms with Gasteiger partial charge in [0.25, 0.3) is 11.7 Å². The summed E-state index contributed by atoms with van der Waals surface area (Å²) in [7, 11) is 1.40. The van der Waals surface area contributed by atoms with Gasteiger partial charge in [-0.1, -0.05) is 17.7 Å². The van der Waals surface area contributed by atoms with E-state index in [9.17, 15) is 19.5 Å². The molecule has 8 nitrogen and oxygen atoms in total. The number of carbonyl (C=O) groups is 3. The number of aliphatic hydroxyl groups excluding tert-OH is 1. The molecule has 3 aromatic rings. The first-order valence-corrected chi connectivity index (χ1v) is 11.9. The van der Waals surface area contributed by atoms with Gasteiger partial charge in [0, 0.05) is 11.9 Å². The van der Waals surface area contributed by atoms with Crippen molar-refractivity contribution in [1.29, 1.82) is 0 Å². The summed E-state index contributed by atoms with van der Waals surface area (Å²) in [5.74, 6) is -2.52. The highest BCUT2D eigenvalue weighted by Gasteiger charge is 2.48. The van der Waals surface area contributed by atoms with Gasteiger partial charge in [0.15, 0.2) is 0 Å². The van der Waals surface area contributed by atoms with Gasteiger partial charge in [0.1, 0.15) is 17.6 Å². The van der Waals surface area contributed by atoms with Crippen LogP contribution in [0.1, 0.15) is 47.1 Å². The molecule has 1 aromatic heterocycles. The first kappa shape index (κ1) is 25.9. The SMILES string of the molecule is COc1c(Cl)cc(C)cc1/C(O)=C1\C(=O)C(=O)N(c2ccc(C(=O)OC(C)C)cc2)C1c1ccccn1. The minimum absolute atomic E-state index is 0.160.